The van der Waals surface area contributed by atoms with Crippen LogP contribution < -0.4 is 0 Å². The maximum Gasteiger partial charge on any atom is 0.335 e. The molecule has 1 unspecified atom stereocenters. The van der Waals surface area contributed by atoms with Gasteiger partial charge in [0.25, 0.3) is 0 Å². The second-order valence-corrected chi connectivity index (χ2v) is 7.57. The minimum atomic E-state index is -0.936. The highest BCUT2D eigenvalue weighted by molar-refractivity contribution is 5.87. The third-order valence-corrected chi connectivity index (χ3v) is 5.49. The van der Waals surface area contributed by atoms with Crippen LogP contribution >= 0.6 is 0 Å². The molecule has 1 saturated heterocycles. The van der Waals surface area contributed by atoms with Gasteiger partial charge in [0, 0.05) is 31.7 Å². The highest BCUT2D eigenvalue weighted by Gasteiger charge is 2.34. The van der Waals surface area contributed by atoms with Crippen molar-refractivity contribution in [2.45, 2.75) is 32.0 Å². The summed E-state index contributed by atoms with van der Waals surface area (Å²) in [5.41, 5.74) is 2.15. The van der Waals surface area contributed by atoms with E-state index in [1.807, 2.05) is 24.3 Å². The number of rotatable bonds is 6. The third-order valence-electron chi connectivity index (χ3n) is 5.49. The molecule has 148 valence electrons. The van der Waals surface area contributed by atoms with Gasteiger partial charge >= 0.3 is 5.97 Å². The van der Waals surface area contributed by atoms with E-state index in [1.54, 1.807) is 30.3 Å². The van der Waals surface area contributed by atoms with E-state index in [9.17, 15) is 15.0 Å². The van der Waals surface area contributed by atoms with Crippen LogP contribution in [-0.4, -0.2) is 57.7 Å². The summed E-state index contributed by atoms with van der Waals surface area (Å²) in [7, 11) is 0. The molecule has 0 amide bonds. The molecule has 1 aliphatic rings. The Hall–Kier alpha value is -2.63. The Bertz CT molecular complexity index is 851. The Morgan fingerprint density at radius 2 is 1.82 bits per heavy atom. The van der Waals surface area contributed by atoms with Crippen LogP contribution in [0.3, 0.4) is 0 Å². The maximum atomic E-state index is 11.5. The SMILES string of the molecule is C=CCN1C[C@H](C)N(C(c2cccc(O)c2)c2cccc(C(=O)O)c2)C[C@H]1C. The number of benzene rings is 2. The first-order valence-corrected chi connectivity index (χ1v) is 9.63. The van der Waals surface area contributed by atoms with Crippen LogP contribution in [0, 0.1) is 0 Å². The van der Waals surface area contributed by atoms with E-state index >= 15 is 0 Å². The van der Waals surface area contributed by atoms with E-state index in [0.717, 1.165) is 30.8 Å². The predicted molar refractivity (Wildman–Crippen MR) is 111 cm³/mol. The summed E-state index contributed by atoms with van der Waals surface area (Å²) in [4.78, 5) is 16.3. The number of aromatic hydroxyl groups is 1. The van der Waals surface area contributed by atoms with Crippen LogP contribution in [0.5, 0.6) is 5.75 Å². The fraction of sp³-hybridized carbons (Fsp3) is 0.348. The molecule has 5 heteroatoms. The van der Waals surface area contributed by atoms with Gasteiger partial charge in [0.1, 0.15) is 5.75 Å². The molecule has 1 fully saturated rings. The molecule has 3 atom stereocenters. The summed E-state index contributed by atoms with van der Waals surface area (Å²) in [6.07, 6.45) is 1.93. The van der Waals surface area contributed by atoms with Crippen molar-refractivity contribution in [2.75, 3.05) is 19.6 Å². The van der Waals surface area contributed by atoms with Crippen molar-refractivity contribution in [3.05, 3.63) is 77.9 Å². The van der Waals surface area contributed by atoms with Gasteiger partial charge in [-0.15, -0.1) is 6.58 Å². The van der Waals surface area contributed by atoms with Crippen molar-refractivity contribution < 1.29 is 15.0 Å². The van der Waals surface area contributed by atoms with Gasteiger partial charge in [-0.25, -0.2) is 4.79 Å². The number of phenolic OH excluding ortho intramolecular Hbond substituents is 1. The van der Waals surface area contributed by atoms with E-state index < -0.39 is 5.97 Å². The van der Waals surface area contributed by atoms with Gasteiger partial charge < -0.3 is 10.2 Å². The molecule has 1 aliphatic heterocycles. The number of carboxylic acid groups (broad SMARTS) is 1. The zero-order valence-corrected chi connectivity index (χ0v) is 16.5. The van der Waals surface area contributed by atoms with Crippen molar-refractivity contribution in [1.82, 2.24) is 9.80 Å². The highest BCUT2D eigenvalue weighted by atomic mass is 16.4. The molecule has 28 heavy (non-hydrogen) atoms. The van der Waals surface area contributed by atoms with E-state index in [0.29, 0.717) is 6.04 Å². The largest absolute Gasteiger partial charge is 0.508 e. The average Bonchev–Trinajstić information content (AvgIpc) is 2.66. The third kappa shape index (κ3) is 4.26. The molecule has 2 aromatic rings. The van der Waals surface area contributed by atoms with Crippen LogP contribution in [0.25, 0.3) is 0 Å². The lowest BCUT2D eigenvalue weighted by Crippen LogP contribution is -2.57. The second kappa shape index (κ2) is 8.59. The normalized spacial score (nSPS) is 21.9. The minimum absolute atomic E-state index is 0.130. The lowest BCUT2D eigenvalue weighted by atomic mass is 9.92. The van der Waals surface area contributed by atoms with Crippen molar-refractivity contribution in [3.63, 3.8) is 0 Å². The van der Waals surface area contributed by atoms with Crippen molar-refractivity contribution >= 4 is 5.97 Å². The van der Waals surface area contributed by atoms with Gasteiger partial charge in [-0.05, 0) is 49.2 Å². The number of hydrogen-bond donors (Lipinski definition) is 2. The summed E-state index contributed by atoms with van der Waals surface area (Å²) in [5, 5.41) is 19.5. The Morgan fingerprint density at radius 3 is 2.46 bits per heavy atom. The van der Waals surface area contributed by atoms with Gasteiger partial charge in [-0.3, -0.25) is 9.80 Å². The summed E-state index contributed by atoms with van der Waals surface area (Å²) in [5.74, 6) is -0.725. The highest BCUT2D eigenvalue weighted by Crippen LogP contribution is 2.34. The molecule has 2 N–H and O–H groups in total. The molecule has 2 aromatic carbocycles. The number of phenols is 1. The van der Waals surface area contributed by atoms with Crippen LogP contribution in [0.2, 0.25) is 0 Å². The van der Waals surface area contributed by atoms with Gasteiger partial charge in [0.05, 0.1) is 11.6 Å². The van der Waals surface area contributed by atoms with Crippen LogP contribution in [0.15, 0.2) is 61.2 Å². The standard InChI is InChI=1S/C23H28N2O3/c1-4-11-24-14-17(3)25(15-16(24)2)22(19-8-6-10-21(26)13-19)18-7-5-9-20(12-18)23(27)28/h4-10,12-13,16-17,22,26H,1,11,14-15H2,2-3H3,(H,27,28)/t16-,17+,22?/m1/s1. The number of aromatic carboxylic acids is 1. The molecule has 1 heterocycles. The lowest BCUT2D eigenvalue weighted by molar-refractivity contribution is 0.0306. The van der Waals surface area contributed by atoms with E-state index in [2.05, 4.69) is 30.2 Å². The number of carbonyl (C=O) groups is 1. The number of carboxylic acids is 1. The van der Waals surface area contributed by atoms with E-state index in [4.69, 9.17) is 0 Å². The van der Waals surface area contributed by atoms with E-state index in [1.165, 1.54) is 0 Å². The first-order valence-electron chi connectivity index (χ1n) is 9.63. The molecule has 0 spiro atoms. The number of piperazine rings is 1. The molecule has 0 saturated carbocycles. The first kappa shape index (κ1) is 20.1. The summed E-state index contributed by atoms with van der Waals surface area (Å²) >= 11 is 0. The lowest BCUT2D eigenvalue weighted by Gasteiger charge is -2.47. The van der Waals surface area contributed by atoms with Gasteiger partial charge in [0.15, 0.2) is 0 Å². The topological polar surface area (TPSA) is 64.0 Å². The Morgan fingerprint density at radius 1 is 1.14 bits per heavy atom. The Kier molecular flexibility index (Phi) is 6.17. The van der Waals surface area contributed by atoms with Crippen LogP contribution in [0.4, 0.5) is 0 Å². The predicted octanol–water partition coefficient (Wildman–Crippen LogP) is 3.76. The van der Waals surface area contributed by atoms with Crippen molar-refractivity contribution in [2.24, 2.45) is 0 Å². The maximum absolute atomic E-state index is 11.5. The number of nitrogens with zero attached hydrogens (tertiary/aromatic N) is 2. The first-order chi connectivity index (χ1) is 13.4. The molecule has 5 nitrogen and oxygen atoms in total. The minimum Gasteiger partial charge on any atom is -0.508 e. The van der Waals surface area contributed by atoms with Gasteiger partial charge in [-0.2, -0.15) is 0 Å². The fourth-order valence-electron chi connectivity index (χ4n) is 4.12. The molecular formula is C23H28N2O3. The molecule has 0 bridgehead atoms. The van der Waals surface area contributed by atoms with Crippen LogP contribution in [0.1, 0.15) is 41.4 Å². The van der Waals surface area contributed by atoms with Gasteiger partial charge in [0.2, 0.25) is 0 Å². The molecule has 0 aromatic heterocycles. The van der Waals surface area contributed by atoms with Crippen molar-refractivity contribution in [3.8, 4) is 5.75 Å². The quantitative estimate of drug-likeness (QED) is 0.747. The van der Waals surface area contributed by atoms with Crippen LogP contribution in [-0.2, 0) is 0 Å². The zero-order valence-electron chi connectivity index (χ0n) is 16.5. The smallest absolute Gasteiger partial charge is 0.335 e. The molecule has 0 aliphatic carbocycles. The average molecular weight is 380 g/mol. The molecule has 0 radical (unpaired) electrons. The Labute approximate surface area is 166 Å². The zero-order chi connectivity index (χ0) is 20.3. The van der Waals surface area contributed by atoms with Crippen molar-refractivity contribution in [1.29, 1.82) is 0 Å². The summed E-state index contributed by atoms with van der Waals surface area (Å²) < 4.78 is 0. The van der Waals surface area contributed by atoms with E-state index in [-0.39, 0.29) is 23.4 Å². The van der Waals surface area contributed by atoms with Gasteiger partial charge in [-0.1, -0.05) is 30.3 Å². The fourth-order valence-corrected chi connectivity index (χ4v) is 4.12. The monoisotopic (exact) mass is 380 g/mol. The second-order valence-electron chi connectivity index (χ2n) is 7.57. The number of hydrogen-bond acceptors (Lipinski definition) is 4. The molecular weight excluding hydrogens is 352 g/mol. The summed E-state index contributed by atoms with van der Waals surface area (Å²) in [6.45, 7) is 10.9. The Balaban J connectivity index is 2.03. The summed E-state index contributed by atoms with van der Waals surface area (Å²) in [6, 6.07) is 14.8. The molecule has 3 rings (SSSR count).